The predicted octanol–water partition coefficient (Wildman–Crippen LogP) is 2.10. The van der Waals surface area contributed by atoms with E-state index < -0.39 is 10.0 Å². The van der Waals surface area contributed by atoms with Crippen LogP contribution in [0.2, 0.25) is 0 Å². The first-order chi connectivity index (χ1) is 8.86. The highest BCUT2D eigenvalue weighted by atomic mass is 32.2. The van der Waals surface area contributed by atoms with Gasteiger partial charge in [0.15, 0.2) is 0 Å². The van der Waals surface area contributed by atoms with Crippen molar-refractivity contribution in [1.29, 1.82) is 0 Å². The molecular formula is C13H20N2O3S. The second-order valence-corrected chi connectivity index (χ2v) is 6.10. The molecule has 1 amide bonds. The molecule has 0 aliphatic heterocycles. The van der Waals surface area contributed by atoms with Gasteiger partial charge in [0, 0.05) is 5.92 Å². The third-order valence-corrected chi connectivity index (χ3v) is 3.86. The molecule has 0 saturated carbocycles. The molecule has 0 saturated heterocycles. The summed E-state index contributed by atoms with van der Waals surface area (Å²) in [4.78, 5) is 11.9. The summed E-state index contributed by atoms with van der Waals surface area (Å²) in [5.41, 5.74) is 0.235. The van der Waals surface area contributed by atoms with Crippen molar-refractivity contribution >= 4 is 21.6 Å². The smallest absolute Gasteiger partial charge is 0.240 e. The Kier molecular flexibility index (Phi) is 5.50. The Morgan fingerprint density at radius 1 is 1.37 bits per heavy atom. The number of rotatable bonds is 6. The number of nitrogens with two attached hydrogens (primary N) is 1. The maximum absolute atomic E-state index is 12.0. The molecule has 19 heavy (non-hydrogen) atoms. The van der Waals surface area contributed by atoms with Crippen molar-refractivity contribution in [2.75, 3.05) is 5.32 Å². The quantitative estimate of drug-likeness (QED) is 0.838. The Bertz CT molecular complexity index is 541. The summed E-state index contributed by atoms with van der Waals surface area (Å²) in [7, 11) is -3.84. The van der Waals surface area contributed by atoms with Crippen molar-refractivity contribution in [3.63, 3.8) is 0 Å². The van der Waals surface area contributed by atoms with Gasteiger partial charge >= 0.3 is 0 Å². The van der Waals surface area contributed by atoms with Gasteiger partial charge in [0.1, 0.15) is 4.90 Å². The van der Waals surface area contributed by atoms with E-state index in [1.165, 1.54) is 12.1 Å². The molecule has 1 rings (SSSR count). The Hall–Kier alpha value is -1.40. The summed E-state index contributed by atoms with van der Waals surface area (Å²) in [6.45, 7) is 3.88. The number of nitrogens with one attached hydrogen (secondary N) is 1. The number of anilines is 1. The lowest BCUT2D eigenvalue weighted by atomic mass is 10.0. The van der Waals surface area contributed by atoms with Gasteiger partial charge in [-0.05, 0) is 18.6 Å². The number of hydrogen-bond donors (Lipinski definition) is 2. The summed E-state index contributed by atoms with van der Waals surface area (Å²) >= 11 is 0. The highest BCUT2D eigenvalue weighted by Crippen LogP contribution is 2.20. The zero-order valence-electron chi connectivity index (χ0n) is 11.2. The van der Waals surface area contributed by atoms with Crippen LogP contribution in [0.5, 0.6) is 0 Å². The van der Waals surface area contributed by atoms with E-state index in [2.05, 4.69) is 12.2 Å². The third kappa shape index (κ3) is 4.65. The second-order valence-electron chi connectivity index (χ2n) is 4.57. The van der Waals surface area contributed by atoms with Crippen LogP contribution in [0.1, 0.15) is 33.1 Å². The van der Waals surface area contributed by atoms with Crippen LogP contribution in [-0.4, -0.2) is 14.3 Å². The first kappa shape index (κ1) is 15.7. The Morgan fingerprint density at radius 2 is 2.00 bits per heavy atom. The highest BCUT2D eigenvalue weighted by molar-refractivity contribution is 7.89. The maximum atomic E-state index is 12.0. The van der Waals surface area contributed by atoms with Gasteiger partial charge < -0.3 is 5.32 Å². The number of benzene rings is 1. The number of carbonyl (C=O) groups excluding carboxylic acids is 1. The molecule has 0 heterocycles. The lowest BCUT2D eigenvalue weighted by molar-refractivity contribution is -0.119. The minimum atomic E-state index is -3.84. The van der Waals surface area contributed by atoms with E-state index in [0.717, 1.165) is 19.3 Å². The van der Waals surface area contributed by atoms with Gasteiger partial charge in [0.05, 0.1) is 5.69 Å². The van der Waals surface area contributed by atoms with Crippen LogP contribution in [-0.2, 0) is 14.8 Å². The molecule has 1 aromatic carbocycles. The van der Waals surface area contributed by atoms with Gasteiger partial charge in [-0.15, -0.1) is 0 Å². The van der Waals surface area contributed by atoms with Gasteiger partial charge in [-0.1, -0.05) is 38.8 Å². The molecule has 0 radical (unpaired) electrons. The highest BCUT2D eigenvalue weighted by Gasteiger charge is 2.17. The number of sulfonamides is 1. The molecule has 5 nitrogen and oxygen atoms in total. The number of hydrogen-bond acceptors (Lipinski definition) is 3. The minimum absolute atomic E-state index is 0.0639. The number of primary sulfonamides is 1. The first-order valence-electron chi connectivity index (χ1n) is 6.29. The Labute approximate surface area is 114 Å². The number of para-hydroxylation sites is 1. The van der Waals surface area contributed by atoms with Crippen LogP contribution in [0.25, 0.3) is 0 Å². The molecule has 3 N–H and O–H groups in total. The number of carbonyl (C=O) groups is 1. The van der Waals surface area contributed by atoms with Gasteiger partial charge in [-0.25, -0.2) is 13.6 Å². The molecule has 106 valence electrons. The van der Waals surface area contributed by atoms with Crippen LogP contribution < -0.4 is 10.5 Å². The van der Waals surface area contributed by atoms with Crippen molar-refractivity contribution in [3.05, 3.63) is 24.3 Å². The fraction of sp³-hybridized carbons (Fsp3) is 0.462. The molecular weight excluding hydrogens is 264 g/mol. The summed E-state index contributed by atoms with van der Waals surface area (Å²) < 4.78 is 22.8. The predicted molar refractivity (Wildman–Crippen MR) is 75.1 cm³/mol. The van der Waals surface area contributed by atoms with Gasteiger partial charge in [0.2, 0.25) is 15.9 Å². The van der Waals surface area contributed by atoms with Crippen LogP contribution in [0.3, 0.4) is 0 Å². The molecule has 0 aromatic heterocycles. The normalized spacial score (nSPS) is 13.0. The Balaban J connectivity index is 2.86. The van der Waals surface area contributed by atoms with E-state index >= 15 is 0 Å². The van der Waals surface area contributed by atoms with Gasteiger partial charge in [-0.3, -0.25) is 4.79 Å². The molecule has 6 heteroatoms. The van der Waals surface area contributed by atoms with Crippen LogP contribution in [0.15, 0.2) is 29.2 Å². The van der Waals surface area contributed by atoms with Crippen LogP contribution >= 0.6 is 0 Å². The van der Waals surface area contributed by atoms with Gasteiger partial charge in [0.25, 0.3) is 0 Å². The van der Waals surface area contributed by atoms with Crippen molar-refractivity contribution in [3.8, 4) is 0 Å². The number of unbranched alkanes of at least 4 members (excludes halogenated alkanes) is 1. The van der Waals surface area contributed by atoms with E-state index in [4.69, 9.17) is 5.14 Å². The molecule has 1 unspecified atom stereocenters. The van der Waals surface area contributed by atoms with Crippen molar-refractivity contribution in [1.82, 2.24) is 0 Å². The fourth-order valence-electron chi connectivity index (χ4n) is 1.72. The summed E-state index contributed by atoms with van der Waals surface area (Å²) in [5, 5.41) is 7.74. The average molecular weight is 284 g/mol. The van der Waals surface area contributed by atoms with E-state index in [9.17, 15) is 13.2 Å². The van der Waals surface area contributed by atoms with E-state index in [-0.39, 0.29) is 22.4 Å². The van der Waals surface area contributed by atoms with Crippen molar-refractivity contribution < 1.29 is 13.2 Å². The van der Waals surface area contributed by atoms with E-state index in [1.807, 2.05) is 6.92 Å². The van der Waals surface area contributed by atoms with Crippen LogP contribution in [0.4, 0.5) is 5.69 Å². The minimum Gasteiger partial charge on any atom is -0.325 e. The molecule has 0 aliphatic carbocycles. The fourth-order valence-corrected chi connectivity index (χ4v) is 2.41. The van der Waals surface area contributed by atoms with Crippen LogP contribution in [0, 0.1) is 5.92 Å². The zero-order valence-corrected chi connectivity index (χ0v) is 12.0. The summed E-state index contributed by atoms with van der Waals surface area (Å²) in [6.07, 6.45) is 2.76. The monoisotopic (exact) mass is 284 g/mol. The maximum Gasteiger partial charge on any atom is 0.240 e. The lowest BCUT2D eigenvalue weighted by Crippen LogP contribution is -2.23. The summed E-state index contributed by atoms with van der Waals surface area (Å²) in [5.74, 6) is -0.349. The van der Waals surface area contributed by atoms with Gasteiger partial charge in [-0.2, -0.15) is 0 Å². The molecule has 0 fully saturated rings. The third-order valence-electron chi connectivity index (χ3n) is 2.89. The molecule has 0 aliphatic rings. The lowest BCUT2D eigenvalue weighted by Gasteiger charge is -2.13. The average Bonchev–Trinajstić information content (AvgIpc) is 2.35. The second kappa shape index (κ2) is 6.68. The zero-order chi connectivity index (χ0) is 14.5. The SMILES string of the molecule is CCCCC(C)C(=O)Nc1ccccc1S(N)(=O)=O. The van der Waals surface area contributed by atoms with Crippen molar-refractivity contribution in [2.24, 2.45) is 11.1 Å². The molecule has 0 bridgehead atoms. The Morgan fingerprint density at radius 3 is 2.58 bits per heavy atom. The molecule has 1 atom stereocenters. The largest absolute Gasteiger partial charge is 0.325 e. The topological polar surface area (TPSA) is 89.3 Å². The van der Waals surface area contributed by atoms with E-state index in [1.54, 1.807) is 12.1 Å². The first-order valence-corrected chi connectivity index (χ1v) is 7.83. The number of amides is 1. The molecule has 0 spiro atoms. The van der Waals surface area contributed by atoms with E-state index in [0.29, 0.717) is 0 Å². The van der Waals surface area contributed by atoms with Crippen molar-refractivity contribution in [2.45, 2.75) is 38.0 Å². The summed E-state index contributed by atoms with van der Waals surface area (Å²) in [6, 6.07) is 6.13. The molecule has 1 aromatic rings. The standard InChI is InChI=1S/C13H20N2O3S/c1-3-4-7-10(2)13(16)15-11-8-5-6-9-12(11)19(14,17)18/h5-6,8-10H,3-4,7H2,1-2H3,(H,15,16)(H2,14,17,18).